The zero-order valence-electron chi connectivity index (χ0n) is 12.4. The van der Waals surface area contributed by atoms with Gasteiger partial charge in [-0.05, 0) is 78.0 Å². The highest BCUT2D eigenvalue weighted by Crippen LogP contribution is 2.27. The van der Waals surface area contributed by atoms with Crippen LogP contribution in [0.2, 0.25) is 0 Å². The van der Waals surface area contributed by atoms with E-state index in [0.717, 1.165) is 22.3 Å². The molecule has 2 rings (SSSR count). The van der Waals surface area contributed by atoms with Crippen LogP contribution in [0.25, 0.3) is 0 Å². The number of hydrogen-bond acceptors (Lipinski definition) is 3. The maximum absolute atomic E-state index is 12.7. The summed E-state index contributed by atoms with van der Waals surface area (Å²) in [4.78, 5) is 4.38. The van der Waals surface area contributed by atoms with Crippen molar-refractivity contribution < 1.29 is 8.42 Å². The first-order chi connectivity index (χ1) is 9.72. The van der Waals surface area contributed by atoms with Crippen molar-refractivity contribution in [1.82, 2.24) is 4.98 Å². The van der Waals surface area contributed by atoms with Crippen LogP contribution in [0, 0.1) is 27.7 Å². The van der Waals surface area contributed by atoms with Gasteiger partial charge in [-0.1, -0.05) is 6.07 Å². The minimum Gasteiger partial charge on any atom is -0.278 e. The molecule has 1 N–H and O–H groups in total. The molecule has 0 atom stereocenters. The fraction of sp³-hybridized carbons (Fsp3) is 0.267. The summed E-state index contributed by atoms with van der Waals surface area (Å²) in [6.07, 6.45) is 1.48. The van der Waals surface area contributed by atoms with Gasteiger partial charge in [0.25, 0.3) is 10.0 Å². The second-order valence-corrected chi connectivity index (χ2v) is 7.50. The van der Waals surface area contributed by atoms with Crippen molar-refractivity contribution in [1.29, 1.82) is 0 Å². The van der Waals surface area contributed by atoms with Gasteiger partial charge in [0, 0.05) is 0 Å². The summed E-state index contributed by atoms with van der Waals surface area (Å²) in [6.45, 7) is 7.50. The van der Waals surface area contributed by atoms with E-state index in [-0.39, 0.29) is 0 Å². The van der Waals surface area contributed by atoms with Gasteiger partial charge in [-0.2, -0.15) is 0 Å². The van der Waals surface area contributed by atoms with Crippen molar-refractivity contribution in [2.75, 3.05) is 4.72 Å². The van der Waals surface area contributed by atoms with E-state index in [1.54, 1.807) is 12.1 Å². The standard InChI is InChI=1S/C15H17BrN2O2S/c1-9-7-10(2)12(4)15(11(9)3)21(19,20)18-13-5-6-14(16)17-8-13/h5-8,18H,1-4H3. The molecule has 1 aromatic carbocycles. The maximum Gasteiger partial charge on any atom is 0.262 e. The molecule has 2 aromatic rings. The van der Waals surface area contributed by atoms with Gasteiger partial charge in [-0.15, -0.1) is 0 Å². The van der Waals surface area contributed by atoms with E-state index in [1.165, 1.54) is 6.20 Å². The summed E-state index contributed by atoms with van der Waals surface area (Å²) >= 11 is 3.22. The summed E-state index contributed by atoms with van der Waals surface area (Å²) in [7, 11) is -3.64. The molecule has 0 aliphatic carbocycles. The number of aryl methyl sites for hydroxylation is 2. The molecular weight excluding hydrogens is 352 g/mol. The van der Waals surface area contributed by atoms with Crippen LogP contribution >= 0.6 is 15.9 Å². The van der Waals surface area contributed by atoms with Crippen molar-refractivity contribution in [3.63, 3.8) is 0 Å². The number of hydrogen-bond donors (Lipinski definition) is 1. The summed E-state index contributed by atoms with van der Waals surface area (Å²) in [5.41, 5.74) is 3.92. The van der Waals surface area contributed by atoms with Crippen LogP contribution in [0.1, 0.15) is 22.3 Å². The molecule has 1 heterocycles. The smallest absolute Gasteiger partial charge is 0.262 e. The summed E-state index contributed by atoms with van der Waals surface area (Å²) in [5.74, 6) is 0. The number of anilines is 1. The normalized spacial score (nSPS) is 11.5. The van der Waals surface area contributed by atoms with Gasteiger partial charge in [0.05, 0.1) is 16.8 Å². The van der Waals surface area contributed by atoms with Crippen LogP contribution in [0.5, 0.6) is 0 Å². The average Bonchev–Trinajstić information content (AvgIpc) is 2.39. The molecule has 6 heteroatoms. The van der Waals surface area contributed by atoms with Crippen molar-refractivity contribution in [2.45, 2.75) is 32.6 Å². The molecule has 21 heavy (non-hydrogen) atoms. The fourth-order valence-electron chi connectivity index (χ4n) is 2.23. The first kappa shape index (κ1) is 16.0. The number of rotatable bonds is 3. The minimum atomic E-state index is -3.64. The summed E-state index contributed by atoms with van der Waals surface area (Å²) in [6, 6.07) is 5.37. The average molecular weight is 369 g/mol. The summed E-state index contributed by atoms with van der Waals surface area (Å²) in [5, 5.41) is 0. The fourth-order valence-corrected chi connectivity index (χ4v) is 4.12. The van der Waals surface area contributed by atoms with Crippen LogP contribution in [-0.2, 0) is 10.0 Å². The molecule has 1 aromatic heterocycles. The topological polar surface area (TPSA) is 59.1 Å². The zero-order chi connectivity index (χ0) is 15.8. The largest absolute Gasteiger partial charge is 0.278 e. The van der Waals surface area contributed by atoms with Gasteiger partial charge in [-0.3, -0.25) is 4.72 Å². The Balaban J connectivity index is 2.52. The van der Waals surface area contributed by atoms with Gasteiger partial charge >= 0.3 is 0 Å². The third kappa shape index (κ3) is 3.27. The number of benzene rings is 1. The van der Waals surface area contributed by atoms with Crippen LogP contribution < -0.4 is 4.72 Å². The van der Waals surface area contributed by atoms with Crippen LogP contribution in [0.15, 0.2) is 33.9 Å². The van der Waals surface area contributed by atoms with E-state index < -0.39 is 10.0 Å². The Morgan fingerprint density at radius 2 is 1.62 bits per heavy atom. The SMILES string of the molecule is Cc1cc(C)c(C)c(S(=O)(=O)Nc2ccc(Br)nc2)c1C. The molecule has 112 valence electrons. The molecule has 0 radical (unpaired) electrons. The zero-order valence-corrected chi connectivity index (χ0v) is 14.8. The second kappa shape index (κ2) is 5.77. The molecule has 4 nitrogen and oxygen atoms in total. The van der Waals surface area contributed by atoms with Gasteiger partial charge in [-0.25, -0.2) is 13.4 Å². The van der Waals surface area contributed by atoms with E-state index in [4.69, 9.17) is 0 Å². The number of sulfonamides is 1. The Labute approximate surface area is 133 Å². The molecule has 0 aliphatic heterocycles. The second-order valence-electron chi connectivity index (χ2n) is 5.06. The Morgan fingerprint density at radius 1 is 1.05 bits per heavy atom. The lowest BCUT2D eigenvalue weighted by atomic mass is 10.0. The number of aromatic nitrogens is 1. The molecule has 0 spiro atoms. The predicted octanol–water partition coefficient (Wildman–Crippen LogP) is 3.88. The number of halogens is 1. The van der Waals surface area contributed by atoms with E-state index in [2.05, 4.69) is 25.6 Å². The highest BCUT2D eigenvalue weighted by Gasteiger charge is 2.22. The van der Waals surface area contributed by atoms with Gasteiger partial charge in [0.15, 0.2) is 0 Å². The third-order valence-electron chi connectivity index (χ3n) is 3.55. The Morgan fingerprint density at radius 3 is 2.10 bits per heavy atom. The molecule has 0 amide bonds. The molecule has 0 unspecified atom stereocenters. The molecule has 0 aliphatic rings. The molecule has 0 saturated carbocycles. The van der Waals surface area contributed by atoms with Crippen LogP contribution in [0.3, 0.4) is 0 Å². The van der Waals surface area contributed by atoms with Crippen molar-refractivity contribution in [3.8, 4) is 0 Å². The van der Waals surface area contributed by atoms with E-state index in [9.17, 15) is 8.42 Å². The van der Waals surface area contributed by atoms with Gasteiger partial charge in [0.1, 0.15) is 4.60 Å². The Bertz CT molecular complexity index is 758. The molecule has 0 saturated heterocycles. The highest BCUT2D eigenvalue weighted by molar-refractivity contribution is 9.10. The van der Waals surface area contributed by atoms with Gasteiger partial charge in [0.2, 0.25) is 0 Å². The van der Waals surface area contributed by atoms with Gasteiger partial charge < -0.3 is 0 Å². The molecular formula is C15H17BrN2O2S. The maximum atomic E-state index is 12.7. The third-order valence-corrected chi connectivity index (χ3v) is 5.67. The van der Waals surface area contributed by atoms with Crippen molar-refractivity contribution in [2.24, 2.45) is 0 Å². The molecule has 0 fully saturated rings. The quantitative estimate of drug-likeness (QED) is 0.836. The van der Waals surface area contributed by atoms with Crippen LogP contribution in [-0.4, -0.2) is 13.4 Å². The lowest BCUT2D eigenvalue weighted by Gasteiger charge is -2.16. The van der Waals surface area contributed by atoms with Crippen molar-refractivity contribution >= 4 is 31.6 Å². The number of nitrogens with zero attached hydrogens (tertiary/aromatic N) is 1. The lowest BCUT2D eigenvalue weighted by Crippen LogP contribution is -2.17. The number of nitrogens with one attached hydrogen (secondary N) is 1. The highest BCUT2D eigenvalue weighted by atomic mass is 79.9. The minimum absolute atomic E-state index is 0.350. The number of pyridine rings is 1. The summed E-state index contributed by atoms with van der Waals surface area (Å²) < 4.78 is 28.6. The van der Waals surface area contributed by atoms with E-state index in [1.807, 2.05) is 33.8 Å². The van der Waals surface area contributed by atoms with Crippen LogP contribution in [0.4, 0.5) is 5.69 Å². The first-order valence-electron chi connectivity index (χ1n) is 6.44. The monoisotopic (exact) mass is 368 g/mol. The predicted molar refractivity (Wildman–Crippen MR) is 88.1 cm³/mol. The van der Waals surface area contributed by atoms with E-state index >= 15 is 0 Å². The first-order valence-corrected chi connectivity index (χ1v) is 8.72. The van der Waals surface area contributed by atoms with Crippen molar-refractivity contribution in [3.05, 3.63) is 51.3 Å². The lowest BCUT2D eigenvalue weighted by molar-refractivity contribution is 0.599. The van der Waals surface area contributed by atoms with E-state index in [0.29, 0.717) is 15.2 Å². The Kier molecular flexibility index (Phi) is 4.39. The Hall–Kier alpha value is -1.40. The molecule has 0 bridgehead atoms.